The summed E-state index contributed by atoms with van der Waals surface area (Å²) in [6, 6.07) is -0.260. The SMILES string of the molecule is CC(C)OC(=O)/C=C/C(=O)OC[C@@H](C)NC(=O)C1CCCCC1. The van der Waals surface area contributed by atoms with E-state index >= 15 is 0 Å². The van der Waals surface area contributed by atoms with Gasteiger partial charge in [-0.05, 0) is 33.6 Å². The molecule has 6 heteroatoms. The lowest BCUT2D eigenvalue weighted by molar-refractivity contribution is -0.143. The van der Waals surface area contributed by atoms with E-state index in [4.69, 9.17) is 9.47 Å². The highest BCUT2D eigenvalue weighted by atomic mass is 16.5. The van der Waals surface area contributed by atoms with Crippen LogP contribution in [0, 0.1) is 5.92 Å². The van der Waals surface area contributed by atoms with E-state index in [1.165, 1.54) is 6.42 Å². The Balaban J connectivity index is 2.25. The first-order valence-corrected chi connectivity index (χ1v) is 8.24. The summed E-state index contributed by atoms with van der Waals surface area (Å²) in [5.41, 5.74) is 0. The third kappa shape index (κ3) is 8.38. The van der Waals surface area contributed by atoms with Crippen molar-refractivity contribution >= 4 is 17.8 Å². The van der Waals surface area contributed by atoms with Crippen LogP contribution in [0.1, 0.15) is 52.9 Å². The van der Waals surface area contributed by atoms with Crippen LogP contribution in [0.5, 0.6) is 0 Å². The largest absolute Gasteiger partial charge is 0.460 e. The number of nitrogens with one attached hydrogen (secondary N) is 1. The van der Waals surface area contributed by atoms with Crippen LogP contribution in [-0.4, -0.2) is 36.6 Å². The Morgan fingerprint density at radius 1 is 1.04 bits per heavy atom. The summed E-state index contributed by atoms with van der Waals surface area (Å²) in [6.07, 6.45) is 7.07. The number of ether oxygens (including phenoxy) is 2. The minimum atomic E-state index is -0.635. The van der Waals surface area contributed by atoms with E-state index in [1.54, 1.807) is 20.8 Å². The summed E-state index contributed by atoms with van der Waals surface area (Å²) in [4.78, 5) is 34.8. The molecule has 0 aromatic carbocycles. The predicted octanol–water partition coefficient (Wildman–Crippen LogP) is 2.12. The van der Waals surface area contributed by atoms with E-state index < -0.39 is 11.9 Å². The zero-order valence-electron chi connectivity index (χ0n) is 14.2. The summed E-state index contributed by atoms with van der Waals surface area (Å²) in [5.74, 6) is -1.11. The molecular formula is C17H27NO5. The molecule has 1 fully saturated rings. The molecule has 1 saturated carbocycles. The van der Waals surface area contributed by atoms with Gasteiger partial charge in [-0.2, -0.15) is 0 Å². The van der Waals surface area contributed by atoms with Gasteiger partial charge in [-0.25, -0.2) is 9.59 Å². The third-order valence-electron chi connectivity index (χ3n) is 3.55. The first-order chi connectivity index (χ1) is 10.9. The monoisotopic (exact) mass is 325 g/mol. The first-order valence-electron chi connectivity index (χ1n) is 8.24. The van der Waals surface area contributed by atoms with Crippen LogP contribution >= 0.6 is 0 Å². The molecule has 0 radical (unpaired) electrons. The Bertz CT molecular complexity index is 438. The molecule has 0 aliphatic heterocycles. The van der Waals surface area contributed by atoms with Crippen molar-refractivity contribution in [1.29, 1.82) is 0 Å². The fraction of sp³-hybridized carbons (Fsp3) is 0.706. The van der Waals surface area contributed by atoms with Crippen LogP contribution < -0.4 is 5.32 Å². The Morgan fingerprint density at radius 2 is 1.65 bits per heavy atom. The normalized spacial score (nSPS) is 17.0. The standard InChI is InChI=1S/C17H27NO5/c1-12(2)23-16(20)10-9-15(19)22-11-13(3)18-17(21)14-7-5-4-6-8-14/h9-10,12-14H,4-8,11H2,1-3H3,(H,18,21)/b10-9+/t13-/m1/s1. The molecule has 1 atom stereocenters. The quantitative estimate of drug-likeness (QED) is 0.573. The van der Waals surface area contributed by atoms with Crippen LogP contribution in [0.15, 0.2) is 12.2 Å². The predicted molar refractivity (Wildman–Crippen MR) is 85.5 cm³/mol. The number of esters is 2. The number of carbonyl (C=O) groups is 3. The van der Waals surface area contributed by atoms with Gasteiger partial charge < -0.3 is 14.8 Å². The van der Waals surface area contributed by atoms with Crippen molar-refractivity contribution in [3.63, 3.8) is 0 Å². The third-order valence-corrected chi connectivity index (χ3v) is 3.55. The summed E-state index contributed by atoms with van der Waals surface area (Å²) in [7, 11) is 0. The van der Waals surface area contributed by atoms with E-state index in [1.807, 2.05) is 0 Å². The van der Waals surface area contributed by atoms with Gasteiger partial charge in [0.15, 0.2) is 0 Å². The van der Waals surface area contributed by atoms with Gasteiger partial charge in [0.25, 0.3) is 0 Å². The number of carbonyl (C=O) groups excluding carboxylic acids is 3. The maximum atomic E-state index is 12.0. The zero-order valence-corrected chi connectivity index (χ0v) is 14.2. The van der Waals surface area contributed by atoms with E-state index in [0.29, 0.717) is 0 Å². The molecule has 0 saturated heterocycles. The van der Waals surface area contributed by atoms with Crippen LogP contribution in [0.25, 0.3) is 0 Å². The lowest BCUT2D eigenvalue weighted by Gasteiger charge is -2.23. The molecule has 23 heavy (non-hydrogen) atoms. The van der Waals surface area contributed by atoms with E-state index in [2.05, 4.69) is 5.32 Å². The average Bonchev–Trinajstić information content (AvgIpc) is 2.51. The van der Waals surface area contributed by atoms with Gasteiger partial charge in [0.05, 0.1) is 12.1 Å². The Morgan fingerprint density at radius 3 is 2.26 bits per heavy atom. The van der Waals surface area contributed by atoms with Gasteiger partial charge in [-0.1, -0.05) is 19.3 Å². The Kier molecular flexibility index (Phi) is 8.37. The number of hydrogen-bond donors (Lipinski definition) is 1. The lowest BCUT2D eigenvalue weighted by Crippen LogP contribution is -2.40. The molecule has 0 aromatic rings. The van der Waals surface area contributed by atoms with Crippen LogP contribution in [-0.2, 0) is 23.9 Å². The van der Waals surface area contributed by atoms with Crippen LogP contribution in [0.3, 0.4) is 0 Å². The van der Waals surface area contributed by atoms with Crippen molar-refractivity contribution < 1.29 is 23.9 Å². The number of amides is 1. The second-order valence-corrected chi connectivity index (χ2v) is 6.19. The van der Waals surface area contributed by atoms with Crippen LogP contribution in [0.2, 0.25) is 0 Å². The van der Waals surface area contributed by atoms with Crippen molar-refractivity contribution in [2.75, 3.05) is 6.61 Å². The van der Waals surface area contributed by atoms with Gasteiger partial charge in [0.2, 0.25) is 5.91 Å². The maximum Gasteiger partial charge on any atom is 0.331 e. The summed E-state index contributed by atoms with van der Waals surface area (Å²) < 4.78 is 9.85. The summed E-state index contributed by atoms with van der Waals surface area (Å²) >= 11 is 0. The van der Waals surface area contributed by atoms with Gasteiger partial charge >= 0.3 is 11.9 Å². The molecule has 6 nitrogen and oxygen atoms in total. The van der Waals surface area contributed by atoms with Crippen LogP contribution in [0.4, 0.5) is 0 Å². The van der Waals surface area contributed by atoms with Crippen molar-refractivity contribution in [1.82, 2.24) is 5.32 Å². The van der Waals surface area contributed by atoms with E-state index in [-0.39, 0.29) is 30.6 Å². The number of rotatable bonds is 7. The van der Waals surface area contributed by atoms with Gasteiger partial charge in [-0.3, -0.25) is 4.79 Å². The van der Waals surface area contributed by atoms with Gasteiger partial charge in [0, 0.05) is 18.1 Å². The van der Waals surface area contributed by atoms with E-state index in [9.17, 15) is 14.4 Å². The molecule has 0 heterocycles. The highest BCUT2D eigenvalue weighted by molar-refractivity contribution is 5.91. The molecule has 0 unspecified atom stereocenters. The molecule has 1 aliphatic carbocycles. The molecule has 130 valence electrons. The molecule has 0 spiro atoms. The smallest absolute Gasteiger partial charge is 0.331 e. The molecule has 0 bridgehead atoms. The van der Waals surface area contributed by atoms with Crippen molar-refractivity contribution in [2.45, 2.75) is 65.0 Å². The highest BCUT2D eigenvalue weighted by Gasteiger charge is 2.22. The van der Waals surface area contributed by atoms with Gasteiger partial charge in [-0.15, -0.1) is 0 Å². The molecule has 1 rings (SSSR count). The molecule has 1 N–H and O–H groups in total. The van der Waals surface area contributed by atoms with Crippen molar-refractivity contribution in [2.24, 2.45) is 5.92 Å². The zero-order chi connectivity index (χ0) is 17.2. The fourth-order valence-corrected chi connectivity index (χ4v) is 2.43. The average molecular weight is 325 g/mol. The maximum absolute atomic E-state index is 12.0. The van der Waals surface area contributed by atoms with E-state index in [0.717, 1.165) is 37.8 Å². The Labute approximate surface area is 137 Å². The first kappa shape index (κ1) is 19.2. The molecular weight excluding hydrogens is 298 g/mol. The number of hydrogen-bond acceptors (Lipinski definition) is 5. The topological polar surface area (TPSA) is 81.7 Å². The molecule has 1 amide bonds. The second-order valence-electron chi connectivity index (χ2n) is 6.19. The summed E-state index contributed by atoms with van der Waals surface area (Å²) in [6.45, 7) is 5.30. The van der Waals surface area contributed by atoms with Crippen molar-refractivity contribution in [3.05, 3.63) is 12.2 Å². The minimum Gasteiger partial charge on any atom is -0.460 e. The lowest BCUT2D eigenvalue weighted by atomic mass is 9.88. The highest BCUT2D eigenvalue weighted by Crippen LogP contribution is 2.23. The van der Waals surface area contributed by atoms with Gasteiger partial charge in [0.1, 0.15) is 6.61 Å². The van der Waals surface area contributed by atoms with Crippen molar-refractivity contribution in [3.8, 4) is 0 Å². The summed E-state index contributed by atoms with van der Waals surface area (Å²) in [5, 5.41) is 2.86. The molecule has 1 aliphatic rings. The fourth-order valence-electron chi connectivity index (χ4n) is 2.43. The minimum absolute atomic E-state index is 0.0318. The molecule has 0 aromatic heterocycles. The Hall–Kier alpha value is -1.85. The second kappa shape index (κ2) is 10.0.